The zero-order valence-electron chi connectivity index (χ0n) is 13.5. The van der Waals surface area contributed by atoms with Crippen LogP contribution in [0.15, 0.2) is 60.3 Å². The van der Waals surface area contributed by atoms with Crippen molar-refractivity contribution in [2.45, 2.75) is 13.3 Å². The van der Waals surface area contributed by atoms with Crippen LogP contribution in [0.2, 0.25) is 5.02 Å². The van der Waals surface area contributed by atoms with Crippen molar-refractivity contribution < 1.29 is 9.59 Å². The van der Waals surface area contributed by atoms with Gasteiger partial charge in [0.05, 0.1) is 6.42 Å². The second kappa shape index (κ2) is 8.67. The van der Waals surface area contributed by atoms with Gasteiger partial charge < -0.3 is 5.32 Å². The van der Waals surface area contributed by atoms with Crippen molar-refractivity contribution in [3.63, 3.8) is 0 Å². The molecular weight excluding hydrogens is 338 g/mol. The van der Waals surface area contributed by atoms with Gasteiger partial charge in [-0.2, -0.15) is 5.26 Å². The van der Waals surface area contributed by atoms with Crippen LogP contribution in [0.3, 0.4) is 0 Å². The number of nitriles is 1. The van der Waals surface area contributed by atoms with E-state index < -0.39 is 11.8 Å². The molecule has 0 spiro atoms. The maximum absolute atomic E-state index is 12.1. The number of imide groups is 1. The Morgan fingerprint density at radius 1 is 1.20 bits per heavy atom. The minimum Gasteiger partial charge on any atom is -0.360 e. The second-order valence-corrected chi connectivity index (χ2v) is 5.75. The molecule has 2 N–H and O–H groups in total. The van der Waals surface area contributed by atoms with Gasteiger partial charge in [-0.3, -0.25) is 14.9 Å². The van der Waals surface area contributed by atoms with E-state index in [1.165, 1.54) is 6.20 Å². The van der Waals surface area contributed by atoms with Crippen LogP contribution in [0.25, 0.3) is 0 Å². The molecule has 2 rings (SSSR count). The third-order valence-electron chi connectivity index (χ3n) is 3.40. The van der Waals surface area contributed by atoms with E-state index in [2.05, 4.69) is 10.6 Å². The first-order chi connectivity index (χ1) is 12.0. The van der Waals surface area contributed by atoms with E-state index in [9.17, 15) is 9.59 Å². The predicted molar refractivity (Wildman–Crippen MR) is 96.8 cm³/mol. The molecule has 6 heteroatoms. The molecule has 2 amide bonds. The average Bonchev–Trinajstić information content (AvgIpc) is 2.59. The highest BCUT2D eigenvalue weighted by atomic mass is 35.5. The summed E-state index contributed by atoms with van der Waals surface area (Å²) in [6.07, 6.45) is 1.32. The van der Waals surface area contributed by atoms with Gasteiger partial charge >= 0.3 is 0 Å². The Balaban J connectivity index is 2.01. The molecule has 5 nitrogen and oxygen atoms in total. The number of benzene rings is 2. The van der Waals surface area contributed by atoms with Crippen LogP contribution in [0.5, 0.6) is 0 Å². The molecular formula is C19H16ClN3O2. The third kappa shape index (κ3) is 5.48. The van der Waals surface area contributed by atoms with Crippen molar-refractivity contribution in [1.82, 2.24) is 5.32 Å². The SMILES string of the molecule is Cc1ccc(Cl)cc1N/C=C(/C#N)C(=O)NC(=O)Cc1ccccc1. The van der Waals surface area contributed by atoms with Gasteiger partial charge in [0.2, 0.25) is 5.91 Å². The molecule has 0 aliphatic rings. The molecule has 25 heavy (non-hydrogen) atoms. The summed E-state index contributed by atoms with van der Waals surface area (Å²) < 4.78 is 0. The van der Waals surface area contributed by atoms with Gasteiger partial charge in [-0.1, -0.05) is 48.0 Å². The molecule has 126 valence electrons. The molecule has 0 fully saturated rings. The largest absolute Gasteiger partial charge is 0.360 e. The Morgan fingerprint density at radius 2 is 1.92 bits per heavy atom. The molecule has 0 aromatic heterocycles. The van der Waals surface area contributed by atoms with Crippen molar-refractivity contribution in [2.24, 2.45) is 0 Å². The van der Waals surface area contributed by atoms with Crippen LogP contribution in [-0.2, 0) is 16.0 Å². The van der Waals surface area contributed by atoms with E-state index in [1.807, 2.05) is 31.2 Å². The van der Waals surface area contributed by atoms with E-state index in [4.69, 9.17) is 16.9 Å². The van der Waals surface area contributed by atoms with Gasteiger partial charge in [-0.15, -0.1) is 0 Å². The second-order valence-electron chi connectivity index (χ2n) is 5.31. The monoisotopic (exact) mass is 353 g/mol. The summed E-state index contributed by atoms with van der Waals surface area (Å²) in [6.45, 7) is 1.86. The number of carbonyl (C=O) groups excluding carboxylic acids is 2. The summed E-state index contributed by atoms with van der Waals surface area (Å²) in [5, 5.41) is 14.7. The van der Waals surface area contributed by atoms with Gasteiger partial charge in [0, 0.05) is 16.9 Å². The number of hydrogen-bond acceptors (Lipinski definition) is 4. The number of amides is 2. The zero-order valence-corrected chi connectivity index (χ0v) is 14.3. The standard InChI is InChI=1S/C19H16ClN3O2/c1-13-7-8-16(20)10-17(13)22-12-15(11-21)19(25)23-18(24)9-14-5-3-2-4-6-14/h2-8,10,12,22H,9H2,1H3,(H,23,24,25)/b15-12-. The van der Waals surface area contributed by atoms with Crippen molar-refractivity contribution in [1.29, 1.82) is 5.26 Å². The lowest BCUT2D eigenvalue weighted by Gasteiger charge is -2.07. The zero-order chi connectivity index (χ0) is 18.2. The number of nitrogens with zero attached hydrogens (tertiary/aromatic N) is 1. The molecule has 0 unspecified atom stereocenters. The maximum Gasteiger partial charge on any atom is 0.270 e. The molecule has 2 aromatic carbocycles. The molecule has 0 aliphatic carbocycles. The Labute approximate surface area is 150 Å². The normalized spacial score (nSPS) is 10.7. The number of hydrogen-bond donors (Lipinski definition) is 2. The van der Waals surface area contributed by atoms with Crippen molar-refractivity contribution >= 4 is 29.1 Å². The van der Waals surface area contributed by atoms with Gasteiger partial charge in [0.1, 0.15) is 11.6 Å². The molecule has 0 aliphatic heterocycles. The van der Waals surface area contributed by atoms with E-state index in [-0.39, 0.29) is 12.0 Å². The predicted octanol–water partition coefficient (Wildman–Crippen LogP) is 3.35. The van der Waals surface area contributed by atoms with Crippen LogP contribution in [0.4, 0.5) is 5.69 Å². The highest BCUT2D eigenvalue weighted by Crippen LogP contribution is 2.20. The van der Waals surface area contributed by atoms with E-state index in [1.54, 1.807) is 30.3 Å². The first-order valence-electron chi connectivity index (χ1n) is 7.50. The smallest absolute Gasteiger partial charge is 0.270 e. The highest BCUT2D eigenvalue weighted by Gasteiger charge is 2.13. The summed E-state index contributed by atoms with van der Waals surface area (Å²) in [4.78, 5) is 24.0. The van der Waals surface area contributed by atoms with Gasteiger partial charge in [0.25, 0.3) is 5.91 Å². The third-order valence-corrected chi connectivity index (χ3v) is 3.63. The van der Waals surface area contributed by atoms with E-state index in [0.717, 1.165) is 11.1 Å². The number of rotatable bonds is 5. The highest BCUT2D eigenvalue weighted by molar-refractivity contribution is 6.30. The summed E-state index contributed by atoms with van der Waals surface area (Å²) in [7, 11) is 0. The number of aryl methyl sites for hydroxylation is 1. The molecule has 2 aromatic rings. The summed E-state index contributed by atoms with van der Waals surface area (Å²) in [5.41, 5.74) is 2.14. The molecule has 0 atom stereocenters. The first kappa shape index (κ1) is 18.2. The Hall–Kier alpha value is -3.10. The maximum atomic E-state index is 12.1. The van der Waals surface area contributed by atoms with E-state index >= 15 is 0 Å². The van der Waals surface area contributed by atoms with Gasteiger partial charge in [0.15, 0.2) is 0 Å². The molecule has 0 bridgehead atoms. The number of halogens is 1. The summed E-state index contributed by atoms with van der Waals surface area (Å²) >= 11 is 5.92. The fourth-order valence-corrected chi connectivity index (χ4v) is 2.24. The van der Waals surface area contributed by atoms with Gasteiger partial charge in [-0.25, -0.2) is 0 Å². The van der Waals surface area contributed by atoms with Crippen molar-refractivity contribution in [2.75, 3.05) is 5.32 Å². The minimum atomic E-state index is -0.754. The minimum absolute atomic E-state index is 0.0616. The Kier molecular flexibility index (Phi) is 6.33. The van der Waals surface area contributed by atoms with Crippen LogP contribution in [-0.4, -0.2) is 11.8 Å². The molecule has 0 saturated heterocycles. The topological polar surface area (TPSA) is 82.0 Å². The summed E-state index contributed by atoms with van der Waals surface area (Å²) in [5.74, 6) is -1.23. The van der Waals surface area contributed by atoms with E-state index in [0.29, 0.717) is 10.7 Å². The van der Waals surface area contributed by atoms with Crippen molar-refractivity contribution in [3.8, 4) is 6.07 Å². The number of nitrogens with one attached hydrogen (secondary N) is 2. The Morgan fingerprint density at radius 3 is 2.60 bits per heavy atom. The fraction of sp³-hybridized carbons (Fsp3) is 0.105. The summed E-state index contributed by atoms with van der Waals surface area (Å²) in [6, 6.07) is 16.0. The number of carbonyl (C=O) groups is 2. The van der Waals surface area contributed by atoms with Crippen LogP contribution < -0.4 is 10.6 Å². The first-order valence-corrected chi connectivity index (χ1v) is 7.88. The van der Waals surface area contributed by atoms with Crippen LogP contribution in [0, 0.1) is 18.3 Å². The lowest BCUT2D eigenvalue weighted by molar-refractivity contribution is -0.127. The number of anilines is 1. The molecule has 0 heterocycles. The quantitative estimate of drug-likeness (QED) is 0.638. The fourth-order valence-electron chi connectivity index (χ4n) is 2.07. The Bertz CT molecular complexity index is 855. The average molecular weight is 354 g/mol. The lowest BCUT2D eigenvalue weighted by Crippen LogP contribution is -2.32. The molecule has 0 radical (unpaired) electrons. The molecule has 0 saturated carbocycles. The van der Waals surface area contributed by atoms with Crippen LogP contribution in [0.1, 0.15) is 11.1 Å². The lowest BCUT2D eigenvalue weighted by atomic mass is 10.1. The van der Waals surface area contributed by atoms with Crippen molar-refractivity contribution in [3.05, 3.63) is 76.5 Å². The van der Waals surface area contributed by atoms with Gasteiger partial charge in [-0.05, 0) is 30.2 Å². The van der Waals surface area contributed by atoms with Crippen LogP contribution >= 0.6 is 11.6 Å².